The van der Waals surface area contributed by atoms with Crippen molar-refractivity contribution in [1.29, 1.82) is 0 Å². The molecule has 14 heteroatoms. The number of hydrogen-bond acceptors (Lipinski definition) is 8. The molecule has 2 fully saturated rings. The molecule has 5 rings (SSSR count). The molecule has 2 aliphatic heterocycles. The Labute approximate surface area is 284 Å². The van der Waals surface area contributed by atoms with Gasteiger partial charge in [-0.3, -0.25) is 18.9 Å². The van der Waals surface area contributed by atoms with E-state index in [-0.39, 0.29) is 23.9 Å². The number of nitrogens with one attached hydrogen (secondary N) is 1. The summed E-state index contributed by atoms with van der Waals surface area (Å²) in [5.41, 5.74) is 1.80. The van der Waals surface area contributed by atoms with Crippen molar-refractivity contribution in [3.8, 4) is 0 Å². The first kappa shape index (κ1) is 35.1. The average Bonchev–Trinajstić information content (AvgIpc) is 3.01. The average molecular weight is 708 g/mol. The molecule has 1 N–H and O–H groups in total. The molecule has 0 unspecified atom stereocenters. The molecule has 10 nitrogen and oxygen atoms in total. The van der Waals surface area contributed by atoms with E-state index in [4.69, 9.17) is 32.7 Å². The van der Waals surface area contributed by atoms with E-state index in [1.165, 1.54) is 13.0 Å². The smallest absolute Gasteiger partial charge is 0.328 e. The van der Waals surface area contributed by atoms with Crippen LogP contribution in [0.4, 0.5) is 10.1 Å². The predicted octanol–water partition coefficient (Wildman–Crippen LogP) is 4.37. The summed E-state index contributed by atoms with van der Waals surface area (Å²) < 4.78 is 52.9. The lowest BCUT2D eigenvalue weighted by atomic mass is 9.93. The van der Waals surface area contributed by atoms with Crippen LogP contribution in [0.2, 0.25) is 10.0 Å². The van der Waals surface area contributed by atoms with Crippen LogP contribution >= 0.6 is 23.2 Å². The quantitative estimate of drug-likeness (QED) is 0.277. The van der Waals surface area contributed by atoms with Crippen LogP contribution in [0.15, 0.2) is 66.7 Å². The molecule has 47 heavy (non-hydrogen) atoms. The molecule has 0 spiro atoms. The number of carbonyl (C=O) groups excluding carboxylic acids is 2. The first-order valence-corrected chi connectivity index (χ1v) is 17.8. The van der Waals surface area contributed by atoms with Crippen molar-refractivity contribution in [1.82, 2.24) is 15.1 Å². The Morgan fingerprint density at radius 1 is 1.00 bits per heavy atom. The summed E-state index contributed by atoms with van der Waals surface area (Å²) in [6.45, 7) is 5.57. The van der Waals surface area contributed by atoms with E-state index in [1.807, 2.05) is 24.3 Å². The lowest BCUT2D eigenvalue weighted by Crippen LogP contribution is -2.61. The SMILES string of the molecule is C[C@@H](NC(=O)c1cc(F)cc(N(C2CN(C(c3ccc(Cl)cc3)c3ccc(Cl)cc3)C2)S(C)(=O)=O)c1)C(=O)OCCN1CCOCC1. The third-order valence-corrected chi connectivity index (χ3v) is 9.90. The third kappa shape index (κ3) is 9.01. The second-order valence-electron chi connectivity index (χ2n) is 11.7. The molecule has 3 aromatic rings. The van der Waals surface area contributed by atoms with Gasteiger partial charge in [-0.1, -0.05) is 47.5 Å². The fourth-order valence-corrected chi connectivity index (χ4v) is 7.24. The largest absolute Gasteiger partial charge is 0.463 e. The molecule has 1 amide bonds. The van der Waals surface area contributed by atoms with Crippen molar-refractivity contribution in [3.05, 3.63) is 99.3 Å². The van der Waals surface area contributed by atoms with Gasteiger partial charge in [0.1, 0.15) is 18.5 Å². The van der Waals surface area contributed by atoms with E-state index in [9.17, 15) is 22.4 Å². The Morgan fingerprint density at radius 2 is 1.57 bits per heavy atom. The number of amides is 1. The maximum Gasteiger partial charge on any atom is 0.328 e. The van der Waals surface area contributed by atoms with Gasteiger partial charge in [-0.2, -0.15) is 0 Å². The number of esters is 1. The molecule has 2 heterocycles. The van der Waals surface area contributed by atoms with Crippen LogP contribution in [0.25, 0.3) is 0 Å². The van der Waals surface area contributed by atoms with Crippen LogP contribution in [0.3, 0.4) is 0 Å². The lowest BCUT2D eigenvalue weighted by Gasteiger charge is -2.48. The highest BCUT2D eigenvalue weighted by molar-refractivity contribution is 7.92. The van der Waals surface area contributed by atoms with E-state index in [0.717, 1.165) is 46.9 Å². The van der Waals surface area contributed by atoms with Gasteiger partial charge in [0.2, 0.25) is 10.0 Å². The van der Waals surface area contributed by atoms with Gasteiger partial charge in [0.15, 0.2) is 0 Å². The monoisotopic (exact) mass is 706 g/mol. The zero-order valence-corrected chi connectivity index (χ0v) is 28.4. The molecule has 0 bridgehead atoms. The van der Waals surface area contributed by atoms with E-state index in [0.29, 0.717) is 42.9 Å². The summed E-state index contributed by atoms with van der Waals surface area (Å²) in [4.78, 5) is 29.9. The highest BCUT2D eigenvalue weighted by atomic mass is 35.5. The molecule has 3 aromatic carbocycles. The van der Waals surface area contributed by atoms with Gasteiger partial charge in [0.25, 0.3) is 5.91 Å². The standard InChI is InChI=1S/C33H37Cl2FN4O6S/c1-22(33(42)46-16-13-38-11-14-45-15-12-38)37-32(41)25-17-28(36)19-29(18-25)40(47(2,43)44)30-20-39(21-30)31(23-3-7-26(34)8-4-23)24-5-9-27(35)10-6-24/h3-10,17-19,22,30-31H,11-16,20-21H2,1-2H3,(H,37,41)/t22-/m1/s1. The normalized spacial score (nSPS) is 16.8. The summed E-state index contributed by atoms with van der Waals surface area (Å²) in [5.74, 6) is -2.16. The van der Waals surface area contributed by atoms with Crippen molar-refractivity contribution >= 4 is 50.8 Å². The van der Waals surface area contributed by atoms with Crippen LogP contribution in [0, 0.1) is 5.82 Å². The topological polar surface area (TPSA) is 108 Å². The number of sulfonamides is 1. The number of ether oxygens (including phenoxy) is 2. The van der Waals surface area contributed by atoms with Gasteiger partial charge in [-0.25, -0.2) is 17.6 Å². The van der Waals surface area contributed by atoms with Crippen molar-refractivity contribution in [2.45, 2.75) is 25.0 Å². The summed E-state index contributed by atoms with van der Waals surface area (Å²) in [5, 5.41) is 3.72. The highest BCUT2D eigenvalue weighted by Gasteiger charge is 2.41. The van der Waals surface area contributed by atoms with E-state index in [2.05, 4.69) is 15.1 Å². The molecule has 2 saturated heterocycles. The van der Waals surface area contributed by atoms with Crippen molar-refractivity contribution in [3.63, 3.8) is 0 Å². The molecule has 1 atom stereocenters. The number of anilines is 1. The predicted molar refractivity (Wildman–Crippen MR) is 179 cm³/mol. The van der Waals surface area contributed by atoms with Crippen molar-refractivity contribution in [2.75, 3.05) is 63.1 Å². The Balaban J connectivity index is 1.28. The van der Waals surface area contributed by atoms with Crippen LogP contribution in [-0.4, -0.2) is 101 Å². The van der Waals surface area contributed by atoms with Gasteiger partial charge in [-0.05, 0) is 60.5 Å². The molecule has 0 radical (unpaired) electrons. The minimum Gasteiger partial charge on any atom is -0.463 e. The highest BCUT2D eigenvalue weighted by Crippen LogP contribution is 2.37. The van der Waals surface area contributed by atoms with Gasteiger partial charge in [0.05, 0.1) is 37.2 Å². The fraction of sp³-hybridized carbons (Fsp3) is 0.394. The first-order valence-electron chi connectivity index (χ1n) is 15.2. The Kier molecular flexibility index (Phi) is 11.4. The number of rotatable bonds is 12. The zero-order valence-electron chi connectivity index (χ0n) is 26.1. The first-order chi connectivity index (χ1) is 22.4. The number of likely N-dealkylation sites (tertiary alicyclic amines) is 1. The lowest BCUT2D eigenvalue weighted by molar-refractivity contribution is -0.146. The van der Waals surface area contributed by atoms with Gasteiger partial charge < -0.3 is 14.8 Å². The summed E-state index contributed by atoms with van der Waals surface area (Å²) in [6, 6.07) is 16.5. The van der Waals surface area contributed by atoms with E-state index in [1.54, 1.807) is 24.3 Å². The Morgan fingerprint density at radius 3 is 2.13 bits per heavy atom. The zero-order chi connectivity index (χ0) is 33.7. The van der Waals surface area contributed by atoms with E-state index < -0.39 is 39.8 Å². The third-order valence-electron chi connectivity index (χ3n) is 8.17. The number of nitrogens with zero attached hydrogens (tertiary/aromatic N) is 3. The van der Waals surface area contributed by atoms with Crippen LogP contribution in [0.1, 0.15) is 34.5 Å². The van der Waals surface area contributed by atoms with E-state index >= 15 is 0 Å². The van der Waals surface area contributed by atoms with Crippen LogP contribution < -0.4 is 9.62 Å². The van der Waals surface area contributed by atoms with Crippen molar-refractivity contribution in [2.24, 2.45) is 0 Å². The Bertz CT molecular complexity index is 1620. The summed E-state index contributed by atoms with van der Waals surface area (Å²) in [6.07, 6.45) is 1.05. The number of benzene rings is 3. The van der Waals surface area contributed by atoms with Crippen LogP contribution in [0.5, 0.6) is 0 Å². The molecule has 0 aliphatic carbocycles. The van der Waals surface area contributed by atoms with Gasteiger partial charge in [0, 0.05) is 48.3 Å². The van der Waals surface area contributed by atoms with Gasteiger partial charge >= 0.3 is 5.97 Å². The maximum absolute atomic E-state index is 14.9. The number of carbonyl (C=O) groups is 2. The van der Waals surface area contributed by atoms with Crippen LogP contribution in [-0.2, 0) is 24.3 Å². The van der Waals surface area contributed by atoms with Crippen molar-refractivity contribution < 1.29 is 31.9 Å². The minimum absolute atomic E-state index is 0.0116. The summed E-state index contributed by atoms with van der Waals surface area (Å²) >= 11 is 12.3. The number of halogens is 3. The molecule has 0 aromatic heterocycles. The fourth-order valence-electron chi connectivity index (χ4n) is 5.82. The second-order valence-corrected chi connectivity index (χ2v) is 14.4. The molecule has 0 saturated carbocycles. The maximum atomic E-state index is 14.9. The molecule has 2 aliphatic rings. The molecule has 252 valence electrons. The molecular weight excluding hydrogens is 670 g/mol. The molecular formula is C33H37Cl2FN4O6S. The van der Waals surface area contributed by atoms with Gasteiger partial charge in [-0.15, -0.1) is 0 Å². The Hall–Kier alpha value is -3.26. The minimum atomic E-state index is -3.90. The summed E-state index contributed by atoms with van der Waals surface area (Å²) in [7, 11) is -3.90. The number of morpholine rings is 1. The second kappa shape index (κ2) is 15.3. The number of hydrogen-bond donors (Lipinski definition) is 1.